The first-order chi connectivity index (χ1) is 9.58. The van der Waals surface area contributed by atoms with Crippen LogP contribution in [0.3, 0.4) is 0 Å². The third-order valence-electron chi connectivity index (χ3n) is 2.83. The van der Waals surface area contributed by atoms with Gasteiger partial charge in [-0.1, -0.05) is 37.6 Å². The topological polar surface area (TPSA) is 49.4 Å². The molecule has 0 saturated heterocycles. The Labute approximate surface area is 125 Å². The average Bonchev–Trinajstić information content (AvgIpc) is 2.45. The predicted molar refractivity (Wildman–Crippen MR) is 80.5 cm³/mol. The van der Waals surface area contributed by atoms with E-state index in [0.717, 1.165) is 18.4 Å². The van der Waals surface area contributed by atoms with Gasteiger partial charge in [0.1, 0.15) is 0 Å². The van der Waals surface area contributed by atoms with E-state index in [-0.39, 0.29) is 0 Å². The summed E-state index contributed by atoms with van der Waals surface area (Å²) in [5, 5.41) is 3.29. The summed E-state index contributed by atoms with van der Waals surface area (Å²) >= 11 is 5.79. The Bertz CT molecular complexity index is 440. The van der Waals surface area contributed by atoms with Crippen molar-refractivity contribution < 1.29 is 9.59 Å². The van der Waals surface area contributed by atoms with Crippen LogP contribution in [-0.2, 0) is 16.1 Å². The second-order valence-electron chi connectivity index (χ2n) is 4.60. The quantitative estimate of drug-likeness (QED) is 0.820. The maximum absolute atomic E-state index is 12.0. The smallest absolute Gasteiger partial charge is 0.311 e. The van der Waals surface area contributed by atoms with Crippen molar-refractivity contribution in [2.45, 2.75) is 33.2 Å². The summed E-state index contributed by atoms with van der Waals surface area (Å²) in [6.07, 6.45) is 1.69. The van der Waals surface area contributed by atoms with Crippen LogP contribution in [0, 0.1) is 0 Å². The Kier molecular flexibility index (Phi) is 7.09. The molecule has 0 aromatic heterocycles. The van der Waals surface area contributed by atoms with Crippen LogP contribution in [-0.4, -0.2) is 29.8 Å². The fourth-order valence-corrected chi connectivity index (χ4v) is 1.98. The first kappa shape index (κ1) is 16.5. The van der Waals surface area contributed by atoms with Crippen molar-refractivity contribution in [3.8, 4) is 0 Å². The first-order valence-electron chi connectivity index (χ1n) is 6.90. The molecule has 0 aliphatic rings. The first-order valence-corrected chi connectivity index (χ1v) is 7.27. The highest BCUT2D eigenvalue weighted by Crippen LogP contribution is 2.09. The molecule has 20 heavy (non-hydrogen) atoms. The molecular formula is C15H21ClN2O2. The minimum absolute atomic E-state index is 0.327. The maximum atomic E-state index is 12.0. The lowest BCUT2D eigenvalue weighted by atomic mass is 10.2. The normalized spacial score (nSPS) is 10.2. The van der Waals surface area contributed by atoms with E-state index in [1.54, 1.807) is 17.0 Å². The molecule has 2 amide bonds. The zero-order chi connectivity index (χ0) is 15.0. The molecule has 4 nitrogen and oxygen atoms in total. The minimum atomic E-state index is -0.554. The number of benzene rings is 1. The highest BCUT2D eigenvalue weighted by Gasteiger charge is 2.19. The van der Waals surface area contributed by atoms with Crippen LogP contribution >= 0.6 is 11.6 Å². The molecule has 0 spiro atoms. The van der Waals surface area contributed by atoms with Gasteiger partial charge in [0, 0.05) is 24.7 Å². The lowest BCUT2D eigenvalue weighted by Crippen LogP contribution is -2.43. The van der Waals surface area contributed by atoms with Crippen LogP contribution in [0.2, 0.25) is 5.02 Å². The fourth-order valence-electron chi connectivity index (χ4n) is 1.86. The molecule has 0 aliphatic heterocycles. The SMILES string of the molecule is CCCN(CCC)C(=O)C(=O)NCc1ccc(Cl)cc1. The Morgan fingerprint density at radius 1 is 1.10 bits per heavy atom. The molecule has 0 fully saturated rings. The van der Waals surface area contributed by atoms with E-state index in [2.05, 4.69) is 5.32 Å². The summed E-state index contributed by atoms with van der Waals surface area (Å²) in [5.74, 6) is -1.01. The van der Waals surface area contributed by atoms with Crippen LogP contribution in [0.1, 0.15) is 32.3 Å². The zero-order valence-electron chi connectivity index (χ0n) is 12.0. The molecule has 110 valence electrons. The Hall–Kier alpha value is -1.55. The van der Waals surface area contributed by atoms with Gasteiger partial charge < -0.3 is 10.2 Å². The van der Waals surface area contributed by atoms with E-state index in [0.29, 0.717) is 24.7 Å². The van der Waals surface area contributed by atoms with E-state index in [1.807, 2.05) is 26.0 Å². The van der Waals surface area contributed by atoms with Gasteiger partial charge in [-0.25, -0.2) is 0 Å². The largest absolute Gasteiger partial charge is 0.344 e. The number of carbonyl (C=O) groups excluding carboxylic acids is 2. The second kappa shape index (κ2) is 8.59. The lowest BCUT2D eigenvalue weighted by Gasteiger charge is -2.20. The molecule has 1 aromatic rings. The van der Waals surface area contributed by atoms with E-state index >= 15 is 0 Å². The Morgan fingerprint density at radius 3 is 2.15 bits per heavy atom. The van der Waals surface area contributed by atoms with Gasteiger partial charge in [-0.3, -0.25) is 9.59 Å². The zero-order valence-corrected chi connectivity index (χ0v) is 12.7. The highest BCUT2D eigenvalue weighted by molar-refractivity contribution is 6.35. The van der Waals surface area contributed by atoms with E-state index in [1.165, 1.54) is 0 Å². The molecule has 1 N–H and O–H groups in total. The van der Waals surface area contributed by atoms with Crippen LogP contribution in [0.5, 0.6) is 0 Å². The highest BCUT2D eigenvalue weighted by atomic mass is 35.5. The van der Waals surface area contributed by atoms with Crippen molar-refractivity contribution in [1.29, 1.82) is 0 Å². The molecule has 0 saturated carbocycles. The van der Waals surface area contributed by atoms with Crippen LogP contribution < -0.4 is 5.32 Å². The number of hydrogen-bond donors (Lipinski definition) is 1. The van der Waals surface area contributed by atoms with Gasteiger partial charge in [0.2, 0.25) is 0 Å². The summed E-state index contributed by atoms with van der Waals surface area (Å²) in [7, 11) is 0. The Morgan fingerprint density at radius 2 is 1.65 bits per heavy atom. The predicted octanol–water partition coefficient (Wildman–Crippen LogP) is 2.60. The molecular weight excluding hydrogens is 276 g/mol. The average molecular weight is 297 g/mol. The Balaban J connectivity index is 2.52. The maximum Gasteiger partial charge on any atom is 0.311 e. The van der Waals surface area contributed by atoms with Gasteiger partial charge in [0.15, 0.2) is 0 Å². The number of nitrogens with zero attached hydrogens (tertiary/aromatic N) is 1. The van der Waals surface area contributed by atoms with Gasteiger partial charge in [0.05, 0.1) is 0 Å². The van der Waals surface area contributed by atoms with Crippen molar-refractivity contribution in [3.63, 3.8) is 0 Å². The summed E-state index contributed by atoms with van der Waals surface area (Å²) in [4.78, 5) is 25.4. The lowest BCUT2D eigenvalue weighted by molar-refractivity contribution is -0.146. The minimum Gasteiger partial charge on any atom is -0.344 e. The number of rotatable bonds is 6. The fraction of sp³-hybridized carbons (Fsp3) is 0.467. The van der Waals surface area contributed by atoms with E-state index < -0.39 is 11.8 Å². The van der Waals surface area contributed by atoms with Crippen molar-refractivity contribution >= 4 is 23.4 Å². The van der Waals surface area contributed by atoms with Gasteiger partial charge in [-0.15, -0.1) is 0 Å². The molecule has 0 unspecified atom stereocenters. The third kappa shape index (κ3) is 5.21. The van der Waals surface area contributed by atoms with Crippen LogP contribution in [0.25, 0.3) is 0 Å². The molecule has 0 heterocycles. The van der Waals surface area contributed by atoms with E-state index in [4.69, 9.17) is 11.6 Å². The monoisotopic (exact) mass is 296 g/mol. The van der Waals surface area contributed by atoms with Crippen molar-refractivity contribution in [3.05, 3.63) is 34.9 Å². The van der Waals surface area contributed by atoms with Crippen molar-refractivity contribution in [1.82, 2.24) is 10.2 Å². The summed E-state index contributed by atoms with van der Waals surface area (Å²) in [5.41, 5.74) is 0.910. The molecule has 1 rings (SSSR count). The molecule has 5 heteroatoms. The number of hydrogen-bond acceptors (Lipinski definition) is 2. The third-order valence-corrected chi connectivity index (χ3v) is 3.09. The molecule has 1 aromatic carbocycles. The molecule has 0 radical (unpaired) electrons. The van der Waals surface area contributed by atoms with Gasteiger partial charge >= 0.3 is 11.8 Å². The second-order valence-corrected chi connectivity index (χ2v) is 5.04. The summed E-state index contributed by atoms with van der Waals surface area (Å²) in [6.45, 7) is 5.53. The number of halogens is 1. The van der Waals surface area contributed by atoms with Crippen LogP contribution in [0.15, 0.2) is 24.3 Å². The summed E-state index contributed by atoms with van der Waals surface area (Å²) in [6, 6.07) is 7.16. The van der Waals surface area contributed by atoms with Crippen LogP contribution in [0.4, 0.5) is 0 Å². The number of amides is 2. The van der Waals surface area contributed by atoms with Gasteiger partial charge in [-0.05, 0) is 30.5 Å². The number of nitrogens with one attached hydrogen (secondary N) is 1. The molecule has 0 bridgehead atoms. The van der Waals surface area contributed by atoms with Gasteiger partial charge in [0.25, 0.3) is 0 Å². The number of carbonyl (C=O) groups is 2. The summed E-state index contributed by atoms with van der Waals surface area (Å²) < 4.78 is 0. The van der Waals surface area contributed by atoms with Crippen molar-refractivity contribution in [2.24, 2.45) is 0 Å². The molecule has 0 atom stereocenters. The molecule has 0 aliphatic carbocycles. The standard InChI is InChI=1S/C15H21ClN2O2/c1-3-9-18(10-4-2)15(20)14(19)17-11-12-5-7-13(16)8-6-12/h5-8H,3-4,9-11H2,1-2H3,(H,17,19). The van der Waals surface area contributed by atoms with Gasteiger partial charge in [-0.2, -0.15) is 0 Å². The van der Waals surface area contributed by atoms with Crippen molar-refractivity contribution in [2.75, 3.05) is 13.1 Å². The van der Waals surface area contributed by atoms with E-state index in [9.17, 15) is 9.59 Å².